The first-order valence-electron chi connectivity index (χ1n) is 6.91. The number of nitrogens with zero attached hydrogens (tertiary/aromatic N) is 1. The van der Waals surface area contributed by atoms with Crippen molar-refractivity contribution >= 4 is 23.6 Å². The Morgan fingerprint density at radius 1 is 1.30 bits per heavy atom. The molecule has 6 nitrogen and oxygen atoms in total. The Hall–Kier alpha value is -2.38. The average Bonchev–Trinajstić information content (AvgIpc) is 2.53. The topological polar surface area (TPSA) is 92.5 Å². The van der Waals surface area contributed by atoms with Gasteiger partial charge >= 0.3 is 5.97 Å². The fourth-order valence-corrected chi connectivity index (χ4v) is 2.80. The molecule has 0 aliphatic carbocycles. The quantitative estimate of drug-likeness (QED) is 0.459. The van der Waals surface area contributed by atoms with Gasteiger partial charge in [0.1, 0.15) is 6.04 Å². The van der Waals surface area contributed by atoms with Gasteiger partial charge < -0.3 is 5.11 Å². The summed E-state index contributed by atoms with van der Waals surface area (Å²) < 4.78 is 2.86. The van der Waals surface area contributed by atoms with Crippen LogP contribution in [0.4, 0.5) is 5.69 Å². The summed E-state index contributed by atoms with van der Waals surface area (Å²) in [6.07, 6.45) is 0.0335. The number of rotatable bonds is 7. The Bertz CT molecular complexity index is 706. The van der Waals surface area contributed by atoms with Crippen molar-refractivity contribution in [2.75, 3.05) is 0 Å². The summed E-state index contributed by atoms with van der Waals surface area (Å²) in [5.41, 5.74) is 1.11. The average molecular weight is 332 g/mol. The van der Waals surface area contributed by atoms with Crippen LogP contribution in [0.2, 0.25) is 0 Å². The fourth-order valence-electron chi connectivity index (χ4n) is 2.04. The van der Waals surface area contributed by atoms with E-state index in [9.17, 15) is 20.0 Å². The molecule has 0 fully saturated rings. The molecule has 0 unspecified atom stereocenters. The maximum Gasteiger partial charge on any atom is 0.321 e. The largest absolute Gasteiger partial charge is 0.480 e. The third-order valence-corrected chi connectivity index (χ3v) is 4.13. The van der Waals surface area contributed by atoms with Gasteiger partial charge in [-0.05, 0) is 36.6 Å². The van der Waals surface area contributed by atoms with Crippen molar-refractivity contribution in [3.8, 4) is 0 Å². The number of aryl methyl sites for hydroxylation is 1. The minimum absolute atomic E-state index is 0.0335. The molecule has 120 valence electrons. The van der Waals surface area contributed by atoms with E-state index >= 15 is 0 Å². The Labute approximate surface area is 137 Å². The van der Waals surface area contributed by atoms with E-state index in [-0.39, 0.29) is 12.1 Å². The van der Waals surface area contributed by atoms with Gasteiger partial charge in [0.2, 0.25) is 0 Å². The van der Waals surface area contributed by atoms with E-state index in [1.54, 1.807) is 19.1 Å². The van der Waals surface area contributed by atoms with Gasteiger partial charge in [0, 0.05) is 22.9 Å². The molecule has 1 atom stereocenters. The van der Waals surface area contributed by atoms with Gasteiger partial charge in [0.25, 0.3) is 5.69 Å². The van der Waals surface area contributed by atoms with E-state index in [0.29, 0.717) is 5.56 Å². The molecule has 23 heavy (non-hydrogen) atoms. The molecule has 0 bridgehead atoms. The highest BCUT2D eigenvalue weighted by Gasteiger charge is 2.23. The fraction of sp³-hybridized carbons (Fsp3) is 0.188. The second kappa shape index (κ2) is 7.75. The van der Waals surface area contributed by atoms with Crippen molar-refractivity contribution < 1.29 is 14.8 Å². The van der Waals surface area contributed by atoms with Crippen LogP contribution in [0.25, 0.3) is 0 Å². The number of hydrogen-bond donors (Lipinski definition) is 2. The lowest BCUT2D eigenvalue weighted by Crippen LogP contribution is -2.34. The number of nitrogens with one attached hydrogen (secondary N) is 1. The molecule has 7 heteroatoms. The van der Waals surface area contributed by atoms with Crippen molar-refractivity contribution in [1.29, 1.82) is 0 Å². The first-order valence-corrected chi connectivity index (χ1v) is 7.73. The molecule has 2 rings (SSSR count). The van der Waals surface area contributed by atoms with Gasteiger partial charge in [-0.2, -0.15) is 0 Å². The molecule has 0 aliphatic rings. The Balaban J connectivity index is 2.14. The van der Waals surface area contributed by atoms with Crippen molar-refractivity contribution in [3.05, 3.63) is 69.8 Å². The van der Waals surface area contributed by atoms with E-state index in [4.69, 9.17) is 0 Å². The minimum atomic E-state index is -1.05. The molecule has 0 aromatic heterocycles. The van der Waals surface area contributed by atoms with Crippen LogP contribution in [-0.4, -0.2) is 22.0 Å². The summed E-state index contributed by atoms with van der Waals surface area (Å²) in [5, 5.41) is 20.5. The summed E-state index contributed by atoms with van der Waals surface area (Å²) in [6.45, 7) is 1.76. The highest BCUT2D eigenvalue weighted by atomic mass is 32.2. The van der Waals surface area contributed by atoms with Crippen LogP contribution in [0.3, 0.4) is 0 Å². The second-order valence-electron chi connectivity index (χ2n) is 5.02. The highest BCUT2D eigenvalue weighted by molar-refractivity contribution is 7.97. The predicted octanol–water partition coefficient (Wildman–Crippen LogP) is 3.20. The van der Waals surface area contributed by atoms with Crippen LogP contribution in [0.1, 0.15) is 11.1 Å². The van der Waals surface area contributed by atoms with Crippen LogP contribution in [0.15, 0.2) is 53.4 Å². The molecular weight excluding hydrogens is 316 g/mol. The number of nitro benzene ring substituents is 1. The Morgan fingerprint density at radius 3 is 2.61 bits per heavy atom. The monoisotopic (exact) mass is 332 g/mol. The molecule has 0 saturated heterocycles. The first-order chi connectivity index (χ1) is 11.0. The summed E-state index contributed by atoms with van der Waals surface area (Å²) in [6, 6.07) is 13.2. The van der Waals surface area contributed by atoms with Crippen molar-refractivity contribution in [1.82, 2.24) is 4.72 Å². The van der Waals surface area contributed by atoms with Gasteiger partial charge in [0.15, 0.2) is 0 Å². The number of aliphatic carboxylic acids is 1. The molecule has 2 aromatic carbocycles. The second-order valence-corrected chi connectivity index (χ2v) is 5.93. The minimum Gasteiger partial charge on any atom is -0.480 e. The number of hydrogen-bond acceptors (Lipinski definition) is 5. The summed E-state index contributed by atoms with van der Waals surface area (Å²) in [5.74, 6) is -1.05. The highest BCUT2D eigenvalue weighted by Crippen LogP contribution is 2.23. The van der Waals surface area contributed by atoms with Crippen LogP contribution < -0.4 is 4.72 Å². The zero-order valence-corrected chi connectivity index (χ0v) is 13.2. The molecule has 0 spiro atoms. The molecule has 0 amide bonds. The van der Waals surface area contributed by atoms with Crippen LogP contribution >= 0.6 is 11.9 Å². The zero-order chi connectivity index (χ0) is 16.8. The maximum absolute atomic E-state index is 11.4. The lowest BCUT2D eigenvalue weighted by molar-refractivity contribution is -0.385. The van der Waals surface area contributed by atoms with E-state index in [2.05, 4.69) is 4.72 Å². The normalized spacial score (nSPS) is 11.9. The third kappa shape index (κ3) is 4.80. The standard InChI is InChI=1S/C16H16N2O4S/c1-11-7-8-12(15(9-11)18(21)22)10-14(16(19)20)17-23-13-5-3-2-4-6-13/h2-9,14,17H,10H2,1H3,(H,19,20)/t14-/m0/s1. The molecule has 0 radical (unpaired) electrons. The van der Waals surface area contributed by atoms with E-state index in [1.807, 2.05) is 30.3 Å². The molecule has 2 aromatic rings. The van der Waals surface area contributed by atoms with Crippen LogP contribution in [-0.2, 0) is 11.2 Å². The van der Waals surface area contributed by atoms with Gasteiger partial charge in [0.05, 0.1) is 4.92 Å². The molecule has 0 aliphatic heterocycles. The first kappa shape index (κ1) is 17.0. The third-order valence-electron chi connectivity index (χ3n) is 3.22. The number of benzene rings is 2. The van der Waals surface area contributed by atoms with Crippen LogP contribution in [0.5, 0.6) is 0 Å². The predicted molar refractivity (Wildman–Crippen MR) is 88.4 cm³/mol. The number of carboxylic acids is 1. The van der Waals surface area contributed by atoms with Gasteiger partial charge in [-0.3, -0.25) is 14.9 Å². The maximum atomic E-state index is 11.4. The summed E-state index contributed by atoms with van der Waals surface area (Å²) >= 11 is 1.19. The van der Waals surface area contributed by atoms with E-state index in [0.717, 1.165) is 10.5 Å². The van der Waals surface area contributed by atoms with E-state index in [1.165, 1.54) is 18.0 Å². The number of carboxylic acid groups (broad SMARTS) is 1. The smallest absolute Gasteiger partial charge is 0.321 e. The Kier molecular flexibility index (Phi) is 5.72. The molecule has 0 saturated carbocycles. The molecule has 2 N–H and O–H groups in total. The lowest BCUT2D eigenvalue weighted by Gasteiger charge is -2.14. The van der Waals surface area contributed by atoms with Gasteiger partial charge in [-0.15, -0.1) is 0 Å². The van der Waals surface area contributed by atoms with Crippen molar-refractivity contribution in [2.24, 2.45) is 0 Å². The van der Waals surface area contributed by atoms with Gasteiger partial charge in [-0.25, -0.2) is 4.72 Å². The molecular formula is C16H16N2O4S. The summed E-state index contributed by atoms with van der Waals surface area (Å²) in [7, 11) is 0. The number of nitro groups is 1. The van der Waals surface area contributed by atoms with Crippen LogP contribution in [0, 0.1) is 17.0 Å². The molecule has 0 heterocycles. The number of carbonyl (C=O) groups is 1. The van der Waals surface area contributed by atoms with Gasteiger partial charge in [-0.1, -0.05) is 30.3 Å². The zero-order valence-electron chi connectivity index (χ0n) is 12.4. The van der Waals surface area contributed by atoms with Crippen molar-refractivity contribution in [2.45, 2.75) is 24.3 Å². The van der Waals surface area contributed by atoms with Crippen molar-refractivity contribution in [3.63, 3.8) is 0 Å². The Morgan fingerprint density at radius 2 is 2.00 bits per heavy atom. The lowest BCUT2D eigenvalue weighted by atomic mass is 10.0. The SMILES string of the molecule is Cc1ccc(C[C@H](NSc2ccccc2)C(=O)O)c([N+](=O)[O-])c1. The summed E-state index contributed by atoms with van der Waals surface area (Å²) in [4.78, 5) is 23.0. The van der Waals surface area contributed by atoms with E-state index < -0.39 is 16.9 Å².